The van der Waals surface area contributed by atoms with Crippen molar-refractivity contribution in [2.45, 2.75) is 13.8 Å². The Balaban J connectivity index is 1.68. The maximum Gasteiger partial charge on any atom is 0.343 e. The van der Waals surface area contributed by atoms with Crippen molar-refractivity contribution >= 4 is 38.3 Å². The van der Waals surface area contributed by atoms with E-state index in [-0.39, 0.29) is 5.97 Å². The van der Waals surface area contributed by atoms with E-state index in [2.05, 4.69) is 42.5 Å². The van der Waals surface area contributed by atoms with Gasteiger partial charge in [-0.15, -0.1) is 0 Å². The SMILES string of the molecule is Cc1ccc(C(=O)Oc2cc3ccc4cccc5ccc(c2C)c3c45)cc1. The molecule has 5 rings (SSSR count). The van der Waals surface area contributed by atoms with Crippen molar-refractivity contribution in [3.05, 3.63) is 89.5 Å². The summed E-state index contributed by atoms with van der Waals surface area (Å²) < 4.78 is 5.78. The molecule has 130 valence electrons. The molecular formula is C25H18O2. The number of aryl methyl sites for hydroxylation is 2. The van der Waals surface area contributed by atoms with E-state index in [4.69, 9.17) is 4.74 Å². The predicted molar refractivity (Wildman–Crippen MR) is 111 cm³/mol. The van der Waals surface area contributed by atoms with Gasteiger partial charge in [0.1, 0.15) is 5.75 Å². The molecule has 5 aromatic rings. The van der Waals surface area contributed by atoms with Gasteiger partial charge in [0.15, 0.2) is 0 Å². The van der Waals surface area contributed by atoms with Gasteiger partial charge in [-0.2, -0.15) is 0 Å². The van der Waals surface area contributed by atoms with Crippen molar-refractivity contribution in [1.29, 1.82) is 0 Å². The summed E-state index contributed by atoms with van der Waals surface area (Å²) in [4.78, 5) is 12.6. The van der Waals surface area contributed by atoms with Gasteiger partial charge in [-0.1, -0.05) is 60.2 Å². The minimum absolute atomic E-state index is 0.328. The molecule has 27 heavy (non-hydrogen) atoms. The number of hydrogen-bond acceptors (Lipinski definition) is 2. The molecule has 0 radical (unpaired) electrons. The van der Waals surface area contributed by atoms with E-state index in [0.717, 1.165) is 21.9 Å². The van der Waals surface area contributed by atoms with Crippen LogP contribution in [0.15, 0.2) is 72.8 Å². The number of carbonyl (C=O) groups is 1. The fourth-order valence-corrected chi connectivity index (χ4v) is 3.88. The lowest BCUT2D eigenvalue weighted by Gasteiger charge is -2.15. The fourth-order valence-electron chi connectivity index (χ4n) is 3.88. The van der Waals surface area contributed by atoms with Crippen molar-refractivity contribution < 1.29 is 9.53 Å². The molecule has 0 bridgehead atoms. The van der Waals surface area contributed by atoms with Gasteiger partial charge < -0.3 is 4.74 Å². The summed E-state index contributed by atoms with van der Waals surface area (Å²) in [6.07, 6.45) is 0. The van der Waals surface area contributed by atoms with Gasteiger partial charge in [-0.3, -0.25) is 0 Å². The Morgan fingerprint density at radius 3 is 2.15 bits per heavy atom. The van der Waals surface area contributed by atoms with Crippen molar-refractivity contribution in [2.75, 3.05) is 0 Å². The molecule has 0 aromatic heterocycles. The first-order valence-electron chi connectivity index (χ1n) is 9.08. The van der Waals surface area contributed by atoms with Crippen LogP contribution >= 0.6 is 0 Å². The zero-order valence-corrected chi connectivity index (χ0v) is 15.2. The van der Waals surface area contributed by atoms with E-state index in [9.17, 15) is 4.79 Å². The Labute approximate surface area is 157 Å². The second-order valence-corrected chi connectivity index (χ2v) is 7.11. The van der Waals surface area contributed by atoms with Crippen molar-refractivity contribution in [3.63, 3.8) is 0 Å². The summed E-state index contributed by atoms with van der Waals surface area (Å²) in [6.45, 7) is 4.02. The normalized spacial score (nSPS) is 11.5. The summed E-state index contributed by atoms with van der Waals surface area (Å²) in [5.41, 5.74) is 2.66. The number of hydrogen-bond donors (Lipinski definition) is 0. The van der Waals surface area contributed by atoms with E-state index in [0.29, 0.717) is 11.3 Å². The third-order valence-electron chi connectivity index (χ3n) is 5.36. The molecule has 0 spiro atoms. The lowest BCUT2D eigenvalue weighted by Crippen LogP contribution is -2.09. The smallest absolute Gasteiger partial charge is 0.343 e. The summed E-state index contributed by atoms with van der Waals surface area (Å²) in [6, 6.07) is 24.3. The van der Waals surface area contributed by atoms with E-state index in [1.165, 1.54) is 21.5 Å². The lowest BCUT2D eigenvalue weighted by molar-refractivity contribution is 0.0734. The summed E-state index contributed by atoms with van der Waals surface area (Å²) >= 11 is 0. The molecular weight excluding hydrogens is 332 g/mol. The van der Waals surface area contributed by atoms with Crippen molar-refractivity contribution in [1.82, 2.24) is 0 Å². The van der Waals surface area contributed by atoms with Gasteiger partial charge in [0, 0.05) is 0 Å². The number of esters is 1. The van der Waals surface area contributed by atoms with Gasteiger partial charge in [0.05, 0.1) is 5.56 Å². The Morgan fingerprint density at radius 2 is 1.41 bits per heavy atom. The Morgan fingerprint density at radius 1 is 0.741 bits per heavy atom. The largest absolute Gasteiger partial charge is 0.423 e. The number of benzene rings is 5. The number of rotatable bonds is 2. The maximum absolute atomic E-state index is 12.6. The van der Waals surface area contributed by atoms with Crippen LogP contribution in [0.4, 0.5) is 0 Å². The molecule has 0 atom stereocenters. The van der Waals surface area contributed by atoms with Crippen LogP contribution < -0.4 is 4.74 Å². The minimum atomic E-state index is -0.328. The van der Waals surface area contributed by atoms with E-state index >= 15 is 0 Å². The first-order chi connectivity index (χ1) is 13.1. The van der Waals surface area contributed by atoms with Crippen LogP contribution in [0, 0.1) is 13.8 Å². The molecule has 2 nitrogen and oxygen atoms in total. The minimum Gasteiger partial charge on any atom is -0.423 e. The highest BCUT2D eigenvalue weighted by atomic mass is 16.5. The summed E-state index contributed by atoms with van der Waals surface area (Å²) in [5.74, 6) is 0.289. The third-order valence-corrected chi connectivity index (χ3v) is 5.36. The quantitative estimate of drug-likeness (QED) is 0.209. The molecule has 0 unspecified atom stereocenters. The average molecular weight is 350 g/mol. The predicted octanol–water partition coefficient (Wildman–Crippen LogP) is 6.42. The molecule has 0 heterocycles. The molecule has 0 aliphatic carbocycles. The van der Waals surface area contributed by atoms with E-state index in [1.54, 1.807) is 12.1 Å². The molecule has 0 aliphatic rings. The van der Waals surface area contributed by atoms with Crippen LogP contribution in [0.25, 0.3) is 32.3 Å². The van der Waals surface area contributed by atoms with Crippen LogP contribution in [0.2, 0.25) is 0 Å². The summed E-state index contributed by atoms with van der Waals surface area (Å²) in [5, 5.41) is 7.18. The topological polar surface area (TPSA) is 26.3 Å². The second kappa shape index (κ2) is 5.82. The monoisotopic (exact) mass is 350 g/mol. The van der Waals surface area contributed by atoms with Crippen LogP contribution in [0.3, 0.4) is 0 Å². The molecule has 0 saturated heterocycles. The fraction of sp³-hybridized carbons (Fsp3) is 0.0800. The van der Waals surface area contributed by atoms with Gasteiger partial charge in [0.2, 0.25) is 0 Å². The first kappa shape index (κ1) is 15.8. The van der Waals surface area contributed by atoms with Gasteiger partial charge in [-0.25, -0.2) is 4.79 Å². The van der Waals surface area contributed by atoms with Crippen LogP contribution in [-0.4, -0.2) is 5.97 Å². The Bertz CT molecular complexity index is 1300. The molecule has 0 N–H and O–H groups in total. The Hall–Kier alpha value is -3.39. The molecule has 5 aromatic carbocycles. The molecule has 0 saturated carbocycles. The zero-order valence-electron chi connectivity index (χ0n) is 15.2. The standard InChI is InChI=1S/C25H18O2/c1-15-6-8-19(9-7-15)25(26)27-22-14-20-11-10-17-4-3-5-18-12-13-21(16(22)2)24(20)23(17)18/h3-14H,1-2H3. The van der Waals surface area contributed by atoms with Gasteiger partial charge in [-0.05, 0) is 69.9 Å². The second-order valence-electron chi connectivity index (χ2n) is 7.11. The van der Waals surface area contributed by atoms with Crippen LogP contribution in [0.5, 0.6) is 5.75 Å². The molecule has 0 fully saturated rings. The third kappa shape index (κ3) is 2.45. The van der Waals surface area contributed by atoms with Crippen molar-refractivity contribution in [3.8, 4) is 5.75 Å². The maximum atomic E-state index is 12.6. The molecule has 0 aliphatic heterocycles. The Kier molecular flexibility index (Phi) is 3.41. The summed E-state index contributed by atoms with van der Waals surface area (Å²) in [7, 11) is 0. The highest BCUT2D eigenvalue weighted by Gasteiger charge is 2.16. The van der Waals surface area contributed by atoms with E-state index in [1.807, 2.05) is 32.0 Å². The molecule has 2 heteroatoms. The van der Waals surface area contributed by atoms with Crippen LogP contribution in [-0.2, 0) is 0 Å². The first-order valence-corrected chi connectivity index (χ1v) is 9.08. The number of ether oxygens (including phenoxy) is 1. The molecule has 0 amide bonds. The highest BCUT2D eigenvalue weighted by Crippen LogP contribution is 2.39. The number of carbonyl (C=O) groups excluding carboxylic acids is 1. The lowest BCUT2D eigenvalue weighted by atomic mass is 9.92. The van der Waals surface area contributed by atoms with Crippen LogP contribution in [0.1, 0.15) is 21.5 Å². The average Bonchev–Trinajstić information content (AvgIpc) is 2.69. The van der Waals surface area contributed by atoms with E-state index < -0.39 is 0 Å². The van der Waals surface area contributed by atoms with Gasteiger partial charge >= 0.3 is 5.97 Å². The van der Waals surface area contributed by atoms with Crippen molar-refractivity contribution in [2.24, 2.45) is 0 Å². The highest BCUT2D eigenvalue weighted by molar-refractivity contribution is 6.24. The van der Waals surface area contributed by atoms with Gasteiger partial charge in [0.25, 0.3) is 0 Å². The zero-order chi connectivity index (χ0) is 18.5.